The van der Waals surface area contributed by atoms with Gasteiger partial charge in [-0.25, -0.2) is 4.99 Å². The van der Waals surface area contributed by atoms with Crippen LogP contribution in [0.15, 0.2) is 29.3 Å². The van der Waals surface area contributed by atoms with Crippen LogP contribution in [0.3, 0.4) is 0 Å². The third kappa shape index (κ3) is 6.42. The number of nitrogens with one attached hydrogen (secondary N) is 2. The van der Waals surface area contributed by atoms with Crippen LogP contribution < -0.4 is 10.6 Å². The molecule has 0 saturated heterocycles. The summed E-state index contributed by atoms with van der Waals surface area (Å²) in [4.78, 5) is 4.70. The Morgan fingerprint density at radius 2 is 1.92 bits per heavy atom. The van der Waals surface area contributed by atoms with Gasteiger partial charge in [0, 0.05) is 13.6 Å². The lowest BCUT2D eigenvalue weighted by molar-refractivity contribution is 0.711. The molecule has 0 radical (unpaired) electrons. The average molecular weight is 361 g/mol. The van der Waals surface area contributed by atoms with Gasteiger partial charge in [-0.1, -0.05) is 29.8 Å². The third-order valence-electron chi connectivity index (χ3n) is 3.95. The molecule has 1 aromatic heterocycles. The first-order valence-corrected chi connectivity index (χ1v) is 9.91. The lowest BCUT2D eigenvalue weighted by atomic mass is 10.1. The first kappa shape index (κ1) is 19.3. The van der Waals surface area contributed by atoms with Crippen molar-refractivity contribution in [1.82, 2.24) is 25.4 Å². The van der Waals surface area contributed by atoms with Crippen LogP contribution in [-0.4, -0.2) is 39.3 Å². The molecule has 1 aromatic carbocycles. The number of rotatable bonds is 8. The van der Waals surface area contributed by atoms with E-state index in [-0.39, 0.29) is 0 Å². The molecule has 0 spiro atoms. The summed E-state index contributed by atoms with van der Waals surface area (Å²) in [5.41, 5.74) is 2.46. The summed E-state index contributed by atoms with van der Waals surface area (Å²) in [7, 11) is 1.97. The lowest BCUT2D eigenvalue weighted by Gasteiger charge is -2.12. The minimum absolute atomic E-state index is 0.597. The highest BCUT2D eigenvalue weighted by atomic mass is 32.2. The molecule has 2 N–H and O–H groups in total. The number of hydrogen-bond acceptors (Lipinski definition) is 4. The summed E-state index contributed by atoms with van der Waals surface area (Å²) in [5, 5.41) is 15.0. The first-order valence-electron chi connectivity index (χ1n) is 8.51. The van der Waals surface area contributed by atoms with Crippen molar-refractivity contribution in [3.8, 4) is 0 Å². The molecule has 7 heteroatoms. The molecule has 25 heavy (non-hydrogen) atoms. The van der Waals surface area contributed by atoms with Crippen LogP contribution in [0.2, 0.25) is 0 Å². The molecule has 2 rings (SSSR count). The van der Waals surface area contributed by atoms with E-state index in [2.05, 4.69) is 58.3 Å². The van der Waals surface area contributed by atoms with Crippen molar-refractivity contribution in [3.63, 3.8) is 0 Å². The predicted molar refractivity (Wildman–Crippen MR) is 106 cm³/mol. The van der Waals surface area contributed by atoms with Crippen LogP contribution in [0, 0.1) is 13.8 Å². The van der Waals surface area contributed by atoms with Crippen LogP contribution in [0.5, 0.6) is 0 Å². The van der Waals surface area contributed by atoms with E-state index in [1.807, 2.05) is 30.3 Å². The topological polar surface area (TPSA) is 67.1 Å². The van der Waals surface area contributed by atoms with E-state index in [0.717, 1.165) is 36.3 Å². The monoisotopic (exact) mass is 360 g/mol. The molecule has 0 aliphatic carbocycles. The van der Waals surface area contributed by atoms with Gasteiger partial charge in [-0.3, -0.25) is 0 Å². The van der Waals surface area contributed by atoms with E-state index in [1.165, 1.54) is 11.1 Å². The first-order chi connectivity index (χ1) is 12.1. The molecular weight excluding hydrogens is 332 g/mol. The Bertz CT molecular complexity index is 677. The Balaban J connectivity index is 1.96. The van der Waals surface area contributed by atoms with Crippen molar-refractivity contribution in [2.24, 2.45) is 12.0 Å². The summed E-state index contributed by atoms with van der Waals surface area (Å²) < 4.78 is 1.98. The van der Waals surface area contributed by atoms with Crippen molar-refractivity contribution >= 4 is 17.7 Å². The largest absolute Gasteiger partial charge is 0.356 e. The van der Waals surface area contributed by atoms with Gasteiger partial charge in [0.2, 0.25) is 0 Å². The maximum atomic E-state index is 4.70. The van der Waals surface area contributed by atoms with Gasteiger partial charge in [0.15, 0.2) is 11.8 Å². The number of hydrogen-bond donors (Lipinski definition) is 2. The minimum Gasteiger partial charge on any atom is -0.356 e. The fourth-order valence-corrected chi connectivity index (χ4v) is 2.66. The van der Waals surface area contributed by atoms with Crippen LogP contribution in [-0.2, 0) is 20.1 Å². The summed E-state index contributed by atoms with van der Waals surface area (Å²) in [5.74, 6) is 3.75. The van der Waals surface area contributed by atoms with E-state index in [9.17, 15) is 0 Å². The molecule has 0 fully saturated rings. The maximum absolute atomic E-state index is 4.70. The molecule has 0 aliphatic rings. The Morgan fingerprint density at radius 3 is 2.56 bits per heavy atom. The average Bonchev–Trinajstić information content (AvgIpc) is 2.93. The van der Waals surface area contributed by atoms with E-state index < -0.39 is 0 Å². The highest BCUT2D eigenvalue weighted by molar-refractivity contribution is 7.98. The maximum Gasteiger partial charge on any atom is 0.191 e. The van der Waals surface area contributed by atoms with Crippen molar-refractivity contribution < 1.29 is 0 Å². The lowest BCUT2D eigenvalue weighted by Crippen LogP contribution is -2.38. The van der Waals surface area contributed by atoms with Gasteiger partial charge < -0.3 is 15.2 Å². The highest BCUT2D eigenvalue weighted by Crippen LogP contribution is 2.04. The van der Waals surface area contributed by atoms with Gasteiger partial charge in [-0.15, -0.1) is 10.2 Å². The van der Waals surface area contributed by atoms with Crippen molar-refractivity contribution in [2.45, 2.75) is 33.4 Å². The minimum atomic E-state index is 0.597. The van der Waals surface area contributed by atoms with Crippen molar-refractivity contribution in [1.29, 1.82) is 0 Å². The number of guanidine groups is 1. The molecule has 0 amide bonds. The fraction of sp³-hybridized carbons (Fsp3) is 0.500. The number of aliphatic imine (C=N–C) groups is 1. The molecule has 0 bridgehead atoms. The quantitative estimate of drug-likeness (QED) is 0.430. The Kier molecular flexibility index (Phi) is 7.78. The second kappa shape index (κ2) is 10.1. The fourth-order valence-electron chi connectivity index (χ4n) is 2.23. The van der Waals surface area contributed by atoms with Gasteiger partial charge in [0.1, 0.15) is 5.82 Å². The molecule has 0 atom stereocenters. The molecule has 0 aliphatic heterocycles. The molecule has 6 nitrogen and oxygen atoms in total. The number of thioether (sulfide) groups is 1. The standard InChI is InChI=1S/C18H28N6S/c1-14-6-8-16(9-7-14)12-20-18(19-10-5-11-25-4)21-13-17-23-22-15(2)24(17)3/h6-9H,5,10-13H2,1-4H3,(H2,19,20,21). The molecular formula is C18H28N6S. The van der Waals surface area contributed by atoms with E-state index in [1.54, 1.807) is 0 Å². The van der Waals surface area contributed by atoms with Gasteiger partial charge in [0.05, 0.1) is 13.1 Å². The number of nitrogens with zero attached hydrogens (tertiary/aromatic N) is 4. The van der Waals surface area contributed by atoms with Crippen LogP contribution in [0.4, 0.5) is 0 Å². The Morgan fingerprint density at radius 1 is 1.16 bits per heavy atom. The summed E-state index contributed by atoms with van der Waals surface area (Å²) in [6, 6.07) is 8.48. The van der Waals surface area contributed by atoms with E-state index in [4.69, 9.17) is 4.99 Å². The third-order valence-corrected chi connectivity index (χ3v) is 4.65. The zero-order valence-electron chi connectivity index (χ0n) is 15.5. The molecule has 136 valence electrons. The Labute approximate surface area is 154 Å². The zero-order chi connectivity index (χ0) is 18.1. The SMILES string of the molecule is CSCCCNC(=NCc1ccc(C)cc1)NCc1nnc(C)n1C. The highest BCUT2D eigenvalue weighted by Gasteiger charge is 2.06. The predicted octanol–water partition coefficient (Wildman–Crippen LogP) is 2.42. The van der Waals surface area contributed by atoms with Crippen LogP contribution >= 0.6 is 11.8 Å². The number of aromatic nitrogens is 3. The van der Waals surface area contributed by atoms with E-state index in [0.29, 0.717) is 13.1 Å². The summed E-state index contributed by atoms with van der Waals surface area (Å²) in [6.07, 6.45) is 3.23. The molecule has 0 saturated carbocycles. The van der Waals surface area contributed by atoms with Gasteiger partial charge in [-0.2, -0.15) is 11.8 Å². The van der Waals surface area contributed by atoms with Gasteiger partial charge in [-0.05, 0) is 37.8 Å². The van der Waals surface area contributed by atoms with Crippen LogP contribution in [0.1, 0.15) is 29.2 Å². The smallest absolute Gasteiger partial charge is 0.191 e. The normalized spacial score (nSPS) is 11.6. The summed E-state index contributed by atoms with van der Waals surface area (Å²) in [6.45, 7) is 6.19. The Hall–Kier alpha value is -2.02. The van der Waals surface area contributed by atoms with Gasteiger partial charge in [0.25, 0.3) is 0 Å². The zero-order valence-corrected chi connectivity index (χ0v) is 16.4. The van der Waals surface area contributed by atoms with E-state index >= 15 is 0 Å². The molecule has 2 aromatic rings. The number of aryl methyl sites for hydroxylation is 2. The second-order valence-electron chi connectivity index (χ2n) is 6.00. The molecule has 1 heterocycles. The molecule has 0 unspecified atom stereocenters. The second-order valence-corrected chi connectivity index (χ2v) is 6.99. The van der Waals surface area contributed by atoms with Gasteiger partial charge >= 0.3 is 0 Å². The summed E-state index contributed by atoms with van der Waals surface area (Å²) >= 11 is 1.86. The number of benzene rings is 1. The van der Waals surface area contributed by atoms with Crippen LogP contribution in [0.25, 0.3) is 0 Å². The van der Waals surface area contributed by atoms with Crippen molar-refractivity contribution in [2.75, 3.05) is 18.6 Å². The van der Waals surface area contributed by atoms with Crippen molar-refractivity contribution in [3.05, 3.63) is 47.0 Å².